The summed E-state index contributed by atoms with van der Waals surface area (Å²) in [5.41, 5.74) is 9.52. The molecule has 2 atom stereocenters. The normalized spacial score (nSPS) is 15.0. The summed E-state index contributed by atoms with van der Waals surface area (Å²) in [7, 11) is 0. The number of hydrogen-bond donors (Lipinski definition) is 2. The molecule has 2 unspecified atom stereocenters. The summed E-state index contributed by atoms with van der Waals surface area (Å²) in [6.45, 7) is 0. The highest BCUT2D eigenvalue weighted by atomic mass is 35.5. The molecule has 0 aliphatic heterocycles. The van der Waals surface area contributed by atoms with Gasteiger partial charge >= 0.3 is 12.4 Å². The zero-order valence-electron chi connectivity index (χ0n) is 12.8. The zero-order valence-corrected chi connectivity index (χ0v) is 14.3. The Hall–Kier alpha value is -1.48. The average Bonchev–Trinajstić information content (AvgIpc) is 2.52. The minimum absolute atomic E-state index is 0.0160. The SMILES string of the molecule is NC(c1ccc(Cl)c(C(F)(F)F)c1)C(N)c1ccc(Cl)c(C(F)(F)F)c1. The minimum atomic E-state index is -4.71. The van der Waals surface area contributed by atoms with Gasteiger partial charge in [0.15, 0.2) is 0 Å². The van der Waals surface area contributed by atoms with E-state index in [1.165, 1.54) is 12.1 Å². The van der Waals surface area contributed by atoms with Gasteiger partial charge in [0.2, 0.25) is 0 Å². The molecule has 2 aromatic carbocycles. The number of hydrogen-bond acceptors (Lipinski definition) is 2. The van der Waals surface area contributed by atoms with Crippen molar-refractivity contribution in [3.05, 3.63) is 68.7 Å². The molecule has 0 aromatic heterocycles. The van der Waals surface area contributed by atoms with Crippen molar-refractivity contribution in [2.75, 3.05) is 0 Å². The standard InChI is InChI=1S/C16H12Cl2F6N2/c17-11-3-1-7(5-9(11)15(19,20)21)13(25)14(26)8-2-4-12(18)10(6-8)16(22,23)24/h1-6,13-14H,25-26H2. The smallest absolute Gasteiger partial charge is 0.322 e. The van der Waals surface area contributed by atoms with Crippen LogP contribution < -0.4 is 11.5 Å². The van der Waals surface area contributed by atoms with Crippen molar-refractivity contribution in [3.63, 3.8) is 0 Å². The van der Waals surface area contributed by atoms with Crippen molar-refractivity contribution in [1.29, 1.82) is 0 Å². The third kappa shape index (κ3) is 4.43. The van der Waals surface area contributed by atoms with Gasteiger partial charge in [0.1, 0.15) is 0 Å². The number of rotatable bonds is 3. The Labute approximate surface area is 154 Å². The van der Waals surface area contributed by atoms with E-state index in [1.54, 1.807) is 0 Å². The summed E-state index contributed by atoms with van der Waals surface area (Å²) in [5.74, 6) is 0. The number of benzene rings is 2. The van der Waals surface area contributed by atoms with Gasteiger partial charge in [0.25, 0.3) is 0 Å². The van der Waals surface area contributed by atoms with Crippen LogP contribution in [0.3, 0.4) is 0 Å². The fraction of sp³-hybridized carbons (Fsp3) is 0.250. The number of halogens is 8. The van der Waals surface area contributed by atoms with E-state index in [1.807, 2.05) is 0 Å². The number of nitrogens with two attached hydrogens (primary N) is 2. The molecule has 142 valence electrons. The molecule has 0 fully saturated rings. The van der Waals surface area contributed by atoms with Crippen LogP contribution in [0.15, 0.2) is 36.4 Å². The van der Waals surface area contributed by atoms with E-state index in [-0.39, 0.29) is 11.1 Å². The van der Waals surface area contributed by atoms with Gasteiger partial charge in [0, 0.05) is 12.1 Å². The zero-order chi connectivity index (χ0) is 19.9. The van der Waals surface area contributed by atoms with Gasteiger partial charge in [-0.25, -0.2) is 0 Å². The van der Waals surface area contributed by atoms with E-state index in [4.69, 9.17) is 34.7 Å². The average molecular weight is 417 g/mol. The lowest BCUT2D eigenvalue weighted by Crippen LogP contribution is -2.27. The highest BCUT2D eigenvalue weighted by molar-refractivity contribution is 6.31. The van der Waals surface area contributed by atoms with Crippen LogP contribution in [-0.2, 0) is 12.4 Å². The first-order valence-electron chi connectivity index (χ1n) is 7.07. The summed E-state index contributed by atoms with van der Waals surface area (Å²) >= 11 is 11.1. The molecule has 0 saturated carbocycles. The van der Waals surface area contributed by atoms with Gasteiger partial charge in [-0.1, -0.05) is 35.3 Å². The molecule has 0 spiro atoms. The molecule has 0 amide bonds. The molecule has 0 bridgehead atoms. The molecule has 0 radical (unpaired) electrons. The fourth-order valence-corrected chi connectivity index (χ4v) is 2.80. The molecular formula is C16H12Cl2F6N2. The van der Waals surface area contributed by atoms with E-state index in [9.17, 15) is 26.3 Å². The van der Waals surface area contributed by atoms with Crippen LogP contribution in [0.2, 0.25) is 10.0 Å². The minimum Gasteiger partial charge on any atom is -0.322 e. The fourth-order valence-electron chi connectivity index (χ4n) is 2.35. The number of alkyl halides is 6. The summed E-state index contributed by atoms with van der Waals surface area (Å²) in [5, 5.41) is -1.04. The molecule has 2 rings (SSSR count). The maximum absolute atomic E-state index is 12.9. The van der Waals surface area contributed by atoms with E-state index < -0.39 is 45.6 Å². The first-order chi connectivity index (χ1) is 11.8. The maximum Gasteiger partial charge on any atom is 0.417 e. The van der Waals surface area contributed by atoms with Crippen molar-refractivity contribution in [2.24, 2.45) is 11.5 Å². The van der Waals surface area contributed by atoms with Gasteiger partial charge in [-0.2, -0.15) is 26.3 Å². The predicted octanol–water partition coefficient (Wildman–Crippen LogP) is 5.73. The van der Waals surface area contributed by atoms with Crippen LogP contribution in [0, 0.1) is 0 Å². The highest BCUT2D eigenvalue weighted by Crippen LogP contribution is 2.39. The maximum atomic E-state index is 12.9. The Balaban J connectivity index is 2.41. The molecule has 0 aliphatic rings. The van der Waals surface area contributed by atoms with Gasteiger partial charge < -0.3 is 11.5 Å². The summed E-state index contributed by atoms with van der Waals surface area (Å²) in [6.07, 6.45) is -9.42. The van der Waals surface area contributed by atoms with E-state index in [0.717, 1.165) is 24.3 Å². The third-order valence-corrected chi connectivity index (χ3v) is 4.41. The molecule has 26 heavy (non-hydrogen) atoms. The van der Waals surface area contributed by atoms with Crippen LogP contribution in [-0.4, -0.2) is 0 Å². The Bertz CT molecular complexity index is 737. The molecule has 0 heterocycles. The van der Waals surface area contributed by atoms with E-state index in [2.05, 4.69) is 0 Å². The van der Waals surface area contributed by atoms with Gasteiger partial charge in [-0.05, 0) is 35.4 Å². The van der Waals surface area contributed by atoms with E-state index >= 15 is 0 Å². The second-order valence-electron chi connectivity index (χ2n) is 5.53. The van der Waals surface area contributed by atoms with Gasteiger partial charge in [-0.3, -0.25) is 0 Å². The Morgan fingerprint density at radius 3 is 1.23 bits per heavy atom. The lowest BCUT2D eigenvalue weighted by Gasteiger charge is -2.23. The third-order valence-electron chi connectivity index (χ3n) is 3.75. The Morgan fingerprint density at radius 1 is 0.654 bits per heavy atom. The van der Waals surface area contributed by atoms with Crippen LogP contribution in [0.25, 0.3) is 0 Å². The summed E-state index contributed by atoms with van der Waals surface area (Å²) < 4.78 is 77.7. The Kier molecular flexibility index (Phi) is 5.82. The van der Waals surface area contributed by atoms with Crippen molar-refractivity contribution >= 4 is 23.2 Å². The second-order valence-corrected chi connectivity index (χ2v) is 6.34. The second kappa shape index (κ2) is 7.26. The largest absolute Gasteiger partial charge is 0.417 e. The molecule has 0 saturated heterocycles. The summed E-state index contributed by atoms with van der Waals surface area (Å²) in [4.78, 5) is 0. The topological polar surface area (TPSA) is 52.0 Å². The highest BCUT2D eigenvalue weighted by Gasteiger charge is 2.35. The van der Waals surface area contributed by atoms with Crippen molar-refractivity contribution in [1.82, 2.24) is 0 Å². The Morgan fingerprint density at radius 2 is 0.962 bits per heavy atom. The molecular weight excluding hydrogens is 405 g/mol. The molecule has 2 aromatic rings. The van der Waals surface area contributed by atoms with Crippen molar-refractivity contribution < 1.29 is 26.3 Å². The van der Waals surface area contributed by atoms with Crippen molar-refractivity contribution in [3.8, 4) is 0 Å². The first kappa shape index (κ1) is 20.8. The summed E-state index contributed by atoms with van der Waals surface area (Å²) in [6, 6.07) is 3.56. The van der Waals surface area contributed by atoms with Crippen LogP contribution in [0.1, 0.15) is 34.3 Å². The van der Waals surface area contributed by atoms with Crippen LogP contribution in [0.5, 0.6) is 0 Å². The quantitative estimate of drug-likeness (QED) is 0.627. The van der Waals surface area contributed by atoms with Crippen LogP contribution >= 0.6 is 23.2 Å². The molecule has 10 heteroatoms. The lowest BCUT2D eigenvalue weighted by atomic mass is 9.92. The van der Waals surface area contributed by atoms with Gasteiger partial charge in [-0.15, -0.1) is 0 Å². The van der Waals surface area contributed by atoms with Crippen molar-refractivity contribution in [2.45, 2.75) is 24.4 Å². The van der Waals surface area contributed by atoms with Gasteiger partial charge in [0.05, 0.1) is 21.2 Å². The first-order valence-corrected chi connectivity index (χ1v) is 7.82. The predicted molar refractivity (Wildman–Crippen MR) is 86.8 cm³/mol. The van der Waals surface area contributed by atoms with Crippen LogP contribution in [0.4, 0.5) is 26.3 Å². The molecule has 4 N–H and O–H groups in total. The van der Waals surface area contributed by atoms with E-state index in [0.29, 0.717) is 0 Å². The monoisotopic (exact) mass is 416 g/mol. The lowest BCUT2D eigenvalue weighted by molar-refractivity contribution is -0.138. The molecule has 0 aliphatic carbocycles. The molecule has 2 nitrogen and oxygen atoms in total.